The minimum Gasteiger partial charge on any atom is -0.353 e. The van der Waals surface area contributed by atoms with Crippen LogP contribution in [-0.2, 0) is 14.8 Å². The normalized spacial score (nSPS) is 27.8. The Bertz CT molecular complexity index is 983. The van der Waals surface area contributed by atoms with Gasteiger partial charge in [-0.1, -0.05) is 25.8 Å². The molecule has 0 bridgehead atoms. The molecule has 0 unspecified atom stereocenters. The first-order chi connectivity index (χ1) is 14.4. The molecule has 2 saturated carbocycles. The highest BCUT2D eigenvalue weighted by Crippen LogP contribution is 2.30. The third-order valence-electron chi connectivity index (χ3n) is 6.76. The summed E-state index contributed by atoms with van der Waals surface area (Å²) in [7, 11) is -3.64. The molecule has 1 amide bonds. The van der Waals surface area contributed by atoms with E-state index in [1.54, 1.807) is 18.2 Å². The lowest BCUT2D eigenvalue weighted by atomic mass is 9.80. The summed E-state index contributed by atoms with van der Waals surface area (Å²) >= 11 is 1.01. The molecule has 9 heteroatoms. The maximum atomic E-state index is 12.8. The number of rotatable bonds is 6. The van der Waals surface area contributed by atoms with Crippen LogP contribution in [0.25, 0.3) is 11.0 Å². The Morgan fingerprint density at radius 3 is 2.63 bits per heavy atom. The lowest BCUT2D eigenvalue weighted by Crippen LogP contribution is -2.44. The Balaban J connectivity index is 1.27. The van der Waals surface area contributed by atoms with Gasteiger partial charge in [-0.05, 0) is 62.5 Å². The highest BCUT2D eigenvalue weighted by atomic mass is 32.2. The molecule has 0 radical (unpaired) electrons. The number of hydrogen-bond acceptors (Lipinski definition) is 6. The van der Waals surface area contributed by atoms with Crippen LogP contribution in [0.3, 0.4) is 0 Å². The van der Waals surface area contributed by atoms with E-state index in [1.165, 1.54) is 19.3 Å². The van der Waals surface area contributed by atoms with Gasteiger partial charge in [0.1, 0.15) is 15.9 Å². The lowest BCUT2D eigenvalue weighted by molar-refractivity contribution is -0.127. The van der Waals surface area contributed by atoms with Crippen molar-refractivity contribution in [1.82, 2.24) is 18.8 Å². The Hall–Kier alpha value is -1.58. The smallest absolute Gasteiger partial charge is 0.242 e. The van der Waals surface area contributed by atoms with Crippen molar-refractivity contribution in [3.63, 3.8) is 0 Å². The van der Waals surface area contributed by atoms with Crippen LogP contribution in [0.2, 0.25) is 0 Å². The average molecular weight is 451 g/mol. The fourth-order valence-electron chi connectivity index (χ4n) is 4.76. The van der Waals surface area contributed by atoms with Gasteiger partial charge in [-0.3, -0.25) is 4.79 Å². The quantitative estimate of drug-likeness (QED) is 0.702. The molecule has 164 valence electrons. The van der Waals surface area contributed by atoms with Crippen LogP contribution in [0, 0.1) is 17.8 Å². The SMILES string of the molecule is C[C@H]1CCCC[C@@H]1NC(=O)C1CCC(CNS(=O)(=O)c2cccc3nsnc23)CC1. The van der Waals surface area contributed by atoms with Crippen molar-refractivity contribution in [2.75, 3.05) is 6.54 Å². The van der Waals surface area contributed by atoms with Crippen LogP contribution in [0.4, 0.5) is 0 Å². The van der Waals surface area contributed by atoms with Crippen molar-refractivity contribution in [1.29, 1.82) is 0 Å². The Morgan fingerprint density at radius 1 is 1.10 bits per heavy atom. The lowest BCUT2D eigenvalue weighted by Gasteiger charge is -2.33. The first-order valence-electron chi connectivity index (χ1n) is 11.0. The number of benzene rings is 1. The van der Waals surface area contributed by atoms with Crippen molar-refractivity contribution in [2.24, 2.45) is 17.8 Å². The maximum absolute atomic E-state index is 12.8. The van der Waals surface area contributed by atoms with E-state index in [2.05, 4.69) is 25.7 Å². The molecule has 0 spiro atoms. The van der Waals surface area contributed by atoms with E-state index in [1.807, 2.05) is 0 Å². The first kappa shape index (κ1) is 21.6. The maximum Gasteiger partial charge on any atom is 0.242 e. The predicted octanol–water partition coefficient (Wildman–Crippen LogP) is 3.47. The molecule has 2 N–H and O–H groups in total. The number of nitrogens with zero attached hydrogens (tertiary/aromatic N) is 2. The Labute approximate surface area is 182 Å². The summed E-state index contributed by atoms with van der Waals surface area (Å²) in [6.45, 7) is 2.62. The van der Waals surface area contributed by atoms with E-state index in [0.29, 0.717) is 29.5 Å². The molecule has 2 aromatic rings. The van der Waals surface area contributed by atoms with E-state index in [0.717, 1.165) is 43.8 Å². The molecule has 1 aromatic heterocycles. The molecule has 2 aliphatic carbocycles. The summed E-state index contributed by atoms with van der Waals surface area (Å²) in [6.07, 6.45) is 8.13. The zero-order valence-corrected chi connectivity index (χ0v) is 19.0. The summed E-state index contributed by atoms with van der Waals surface area (Å²) < 4.78 is 36.5. The predicted molar refractivity (Wildman–Crippen MR) is 118 cm³/mol. The van der Waals surface area contributed by atoms with Crippen molar-refractivity contribution in [2.45, 2.75) is 69.2 Å². The van der Waals surface area contributed by atoms with Crippen molar-refractivity contribution < 1.29 is 13.2 Å². The number of nitrogens with one attached hydrogen (secondary N) is 2. The summed E-state index contributed by atoms with van der Waals surface area (Å²) in [5.74, 6) is 1.06. The molecular formula is C21H30N4O3S2. The molecule has 0 saturated heterocycles. The molecule has 4 rings (SSSR count). The van der Waals surface area contributed by atoms with Gasteiger partial charge in [-0.25, -0.2) is 13.1 Å². The fraction of sp³-hybridized carbons (Fsp3) is 0.667. The minimum absolute atomic E-state index is 0.0572. The van der Waals surface area contributed by atoms with Crippen LogP contribution >= 0.6 is 11.7 Å². The number of carbonyl (C=O) groups excluding carboxylic acids is 1. The van der Waals surface area contributed by atoms with Gasteiger partial charge in [0, 0.05) is 18.5 Å². The standard InChI is InChI=1S/C21H30N4O3S2/c1-14-5-2-3-6-17(14)23-21(26)16-11-9-15(10-12-16)13-22-30(27,28)19-8-4-7-18-20(19)25-29-24-18/h4,7-8,14-17,22H,2-3,5-6,9-13H2,1H3,(H,23,26)/t14-,15?,16?,17-/m0/s1. The summed E-state index contributed by atoms with van der Waals surface area (Å²) in [5.41, 5.74) is 1.02. The molecular weight excluding hydrogens is 420 g/mol. The van der Waals surface area contributed by atoms with Crippen molar-refractivity contribution in [3.05, 3.63) is 18.2 Å². The van der Waals surface area contributed by atoms with E-state index in [9.17, 15) is 13.2 Å². The second-order valence-corrected chi connectivity index (χ2v) is 11.1. The van der Waals surface area contributed by atoms with Gasteiger partial charge in [-0.15, -0.1) is 0 Å². The average Bonchev–Trinajstić information content (AvgIpc) is 3.23. The molecule has 2 atom stereocenters. The first-order valence-corrected chi connectivity index (χ1v) is 13.2. The molecule has 30 heavy (non-hydrogen) atoms. The monoisotopic (exact) mass is 450 g/mol. The molecule has 7 nitrogen and oxygen atoms in total. The van der Waals surface area contributed by atoms with E-state index in [4.69, 9.17) is 0 Å². The molecule has 1 heterocycles. The molecule has 0 aliphatic heterocycles. The highest BCUT2D eigenvalue weighted by molar-refractivity contribution is 7.89. The molecule has 2 aliphatic rings. The van der Waals surface area contributed by atoms with Crippen LogP contribution in [-0.4, -0.2) is 35.7 Å². The van der Waals surface area contributed by atoms with E-state index >= 15 is 0 Å². The van der Waals surface area contributed by atoms with Crippen LogP contribution in [0.15, 0.2) is 23.1 Å². The number of hydrogen-bond donors (Lipinski definition) is 2. The minimum atomic E-state index is -3.64. The van der Waals surface area contributed by atoms with Crippen molar-refractivity contribution in [3.8, 4) is 0 Å². The second kappa shape index (κ2) is 9.28. The highest BCUT2D eigenvalue weighted by Gasteiger charge is 2.30. The van der Waals surface area contributed by atoms with E-state index in [-0.39, 0.29) is 22.6 Å². The zero-order valence-electron chi connectivity index (χ0n) is 17.3. The second-order valence-electron chi connectivity index (χ2n) is 8.83. The van der Waals surface area contributed by atoms with Gasteiger partial charge in [-0.2, -0.15) is 8.75 Å². The van der Waals surface area contributed by atoms with E-state index < -0.39 is 10.0 Å². The van der Waals surface area contributed by atoms with Gasteiger partial charge < -0.3 is 5.32 Å². The number of sulfonamides is 1. The number of fused-ring (bicyclic) bond motifs is 1. The summed E-state index contributed by atoms with van der Waals surface area (Å²) in [5, 5.41) is 3.28. The zero-order chi connectivity index (χ0) is 21.1. The number of carbonyl (C=O) groups is 1. The Morgan fingerprint density at radius 2 is 1.87 bits per heavy atom. The van der Waals surface area contributed by atoms with Gasteiger partial charge in [0.25, 0.3) is 0 Å². The van der Waals surface area contributed by atoms with Crippen molar-refractivity contribution >= 4 is 38.7 Å². The summed E-state index contributed by atoms with van der Waals surface area (Å²) in [4.78, 5) is 12.9. The van der Waals surface area contributed by atoms with Crippen LogP contribution < -0.4 is 10.0 Å². The van der Waals surface area contributed by atoms with Gasteiger partial charge >= 0.3 is 0 Å². The Kier molecular flexibility index (Phi) is 6.69. The van der Waals surface area contributed by atoms with Crippen LogP contribution in [0.1, 0.15) is 58.3 Å². The largest absolute Gasteiger partial charge is 0.353 e. The number of amides is 1. The molecule has 2 fully saturated rings. The van der Waals surface area contributed by atoms with Gasteiger partial charge in [0.2, 0.25) is 15.9 Å². The van der Waals surface area contributed by atoms with Gasteiger partial charge in [0.15, 0.2) is 0 Å². The summed E-state index contributed by atoms with van der Waals surface area (Å²) in [6, 6.07) is 5.34. The molecule has 1 aromatic carbocycles. The number of aromatic nitrogens is 2. The van der Waals surface area contributed by atoms with Gasteiger partial charge in [0.05, 0.1) is 11.7 Å². The third kappa shape index (κ3) is 4.84. The fourth-order valence-corrected chi connectivity index (χ4v) is 6.64. The third-order valence-corrected chi connectivity index (χ3v) is 8.75. The van der Waals surface area contributed by atoms with Crippen LogP contribution in [0.5, 0.6) is 0 Å². The topological polar surface area (TPSA) is 101 Å².